The van der Waals surface area contributed by atoms with Gasteiger partial charge in [-0.25, -0.2) is 4.39 Å². The molecule has 33 heavy (non-hydrogen) atoms. The Labute approximate surface area is 192 Å². The predicted octanol–water partition coefficient (Wildman–Crippen LogP) is 2.71. The molecule has 1 aromatic heterocycles. The number of furan rings is 1. The van der Waals surface area contributed by atoms with Gasteiger partial charge >= 0.3 is 11.8 Å². The van der Waals surface area contributed by atoms with Gasteiger partial charge in [-0.05, 0) is 42.0 Å². The molecule has 7 nitrogen and oxygen atoms in total. The van der Waals surface area contributed by atoms with E-state index in [0.717, 1.165) is 43.2 Å². The number of carbonyl (C=O) groups excluding carboxylic acids is 2. The van der Waals surface area contributed by atoms with Gasteiger partial charge in [0.15, 0.2) is 0 Å². The third-order valence-electron chi connectivity index (χ3n) is 5.78. The second-order valence-electron chi connectivity index (χ2n) is 7.91. The van der Waals surface area contributed by atoms with Crippen molar-refractivity contribution < 1.29 is 18.4 Å². The molecule has 1 fully saturated rings. The number of anilines is 1. The summed E-state index contributed by atoms with van der Waals surface area (Å²) in [7, 11) is 0. The van der Waals surface area contributed by atoms with Gasteiger partial charge < -0.3 is 20.0 Å². The van der Waals surface area contributed by atoms with E-state index in [9.17, 15) is 14.0 Å². The van der Waals surface area contributed by atoms with Gasteiger partial charge in [-0.15, -0.1) is 0 Å². The van der Waals surface area contributed by atoms with E-state index in [-0.39, 0.29) is 18.4 Å². The van der Waals surface area contributed by atoms with Crippen LogP contribution in [0.2, 0.25) is 0 Å². The first-order valence-electron chi connectivity index (χ1n) is 11.0. The number of piperazine rings is 1. The van der Waals surface area contributed by atoms with Crippen LogP contribution in [0.5, 0.6) is 0 Å². The number of carbonyl (C=O) groups is 2. The zero-order valence-electron chi connectivity index (χ0n) is 18.2. The van der Waals surface area contributed by atoms with Gasteiger partial charge in [-0.1, -0.05) is 30.3 Å². The molecule has 1 aliphatic rings. The van der Waals surface area contributed by atoms with Crippen molar-refractivity contribution in [3.63, 3.8) is 0 Å². The van der Waals surface area contributed by atoms with Crippen molar-refractivity contribution in [2.24, 2.45) is 0 Å². The van der Waals surface area contributed by atoms with E-state index in [1.807, 2.05) is 42.5 Å². The van der Waals surface area contributed by atoms with E-state index < -0.39 is 11.8 Å². The minimum Gasteiger partial charge on any atom is -0.468 e. The maximum Gasteiger partial charge on any atom is 0.309 e. The molecule has 2 heterocycles. The molecule has 8 heteroatoms. The maximum atomic E-state index is 13.2. The summed E-state index contributed by atoms with van der Waals surface area (Å²) in [6, 6.07) is 19.4. The Hall–Kier alpha value is -3.65. The summed E-state index contributed by atoms with van der Waals surface area (Å²) in [5.41, 5.74) is 1.90. The summed E-state index contributed by atoms with van der Waals surface area (Å²) >= 11 is 0. The molecule has 1 aliphatic heterocycles. The maximum absolute atomic E-state index is 13.2. The van der Waals surface area contributed by atoms with E-state index in [1.165, 1.54) is 12.1 Å². The molecule has 1 atom stereocenters. The van der Waals surface area contributed by atoms with Crippen molar-refractivity contribution in [2.45, 2.75) is 12.6 Å². The van der Waals surface area contributed by atoms with Crippen molar-refractivity contribution in [1.29, 1.82) is 0 Å². The van der Waals surface area contributed by atoms with Crippen LogP contribution in [-0.4, -0.2) is 49.4 Å². The van der Waals surface area contributed by atoms with Gasteiger partial charge in [-0.3, -0.25) is 14.5 Å². The molecule has 172 valence electrons. The number of nitrogens with one attached hydrogen (secondary N) is 2. The fourth-order valence-corrected chi connectivity index (χ4v) is 3.96. The highest BCUT2D eigenvalue weighted by Crippen LogP contribution is 2.24. The lowest BCUT2D eigenvalue weighted by Gasteiger charge is -2.39. The Bertz CT molecular complexity index is 1030. The summed E-state index contributed by atoms with van der Waals surface area (Å²) in [6.07, 6.45) is 1.60. The molecule has 0 aliphatic carbocycles. The van der Waals surface area contributed by atoms with Crippen molar-refractivity contribution in [3.8, 4) is 0 Å². The number of amides is 2. The first-order valence-corrected chi connectivity index (χ1v) is 11.0. The van der Waals surface area contributed by atoms with E-state index in [0.29, 0.717) is 6.54 Å². The van der Waals surface area contributed by atoms with Gasteiger partial charge in [0.1, 0.15) is 11.6 Å². The van der Waals surface area contributed by atoms with Crippen LogP contribution in [0.15, 0.2) is 77.4 Å². The van der Waals surface area contributed by atoms with Crippen molar-refractivity contribution in [1.82, 2.24) is 15.5 Å². The number of nitrogens with zero attached hydrogens (tertiary/aromatic N) is 2. The molecule has 0 radical (unpaired) electrons. The lowest BCUT2D eigenvalue weighted by molar-refractivity contribution is -0.139. The topological polar surface area (TPSA) is 77.8 Å². The van der Waals surface area contributed by atoms with E-state index >= 15 is 0 Å². The molecule has 0 saturated carbocycles. The van der Waals surface area contributed by atoms with Crippen LogP contribution in [0.25, 0.3) is 0 Å². The lowest BCUT2D eigenvalue weighted by atomic mass is 10.1. The molecule has 0 spiro atoms. The summed E-state index contributed by atoms with van der Waals surface area (Å²) in [6.45, 7) is 3.53. The highest BCUT2D eigenvalue weighted by Gasteiger charge is 2.28. The molecular weight excluding hydrogens is 423 g/mol. The Morgan fingerprint density at radius 1 is 0.879 bits per heavy atom. The van der Waals surface area contributed by atoms with Crippen LogP contribution in [0.1, 0.15) is 17.4 Å². The monoisotopic (exact) mass is 450 g/mol. The zero-order chi connectivity index (χ0) is 23.0. The second-order valence-corrected chi connectivity index (χ2v) is 7.91. The van der Waals surface area contributed by atoms with E-state index in [1.54, 1.807) is 18.4 Å². The number of halogens is 1. The van der Waals surface area contributed by atoms with Crippen LogP contribution in [0.3, 0.4) is 0 Å². The van der Waals surface area contributed by atoms with Gasteiger partial charge in [0.05, 0.1) is 12.3 Å². The average Bonchev–Trinajstić information content (AvgIpc) is 3.39. The average molecular weight is 451 g/mol. The van der Waals surface area contributed by atoms with Crippen LogP contribution < -0.4 is 15.5 Å². The Morgan fingerprint density at radius 3 is 2.24 bits per heavy atom. The standard InChI is InChI=1S/C25H27FN4O3/c26-20-8-10-21(11-9-20)29-12-14-30(15-13-29)22(23-7-4-16-33-23)18-28-25(32)24(31)27-17-19-5-2-1-3-6-19/h1-11,16,22H,12-15,17-18H2,(H,27,31)(H,28,32). The molecule has 1 saturated heterocycles. The van der Waals surface area contributed by atoms with Gasteiger partial charge in [0.2, 0.25) is 0 Å². The first-order chi connectivity index (χ1) is 16.1. The molecule has 2 N–H and O–H groups in total. The number of rotatable bonds is 7. The number of benzene rings is 2. The molecule has 4 rings (SSSR count). The molecule has 0 bridgehead atoms. The molecule has 2 amide bonds. The van der Waals surface area contributed by atoms with Crippen molar-refractivity contribution in [3.05, 3.63) is 90.1 Å². The van der Waals surface area contributed by atoms with E-state index in [4.69, 9.17) is 4.42 Å². The summed E-state index contributed by atoms with van der Waals surface area (Å²) in [4.78, 5) is 29.0. The molecular formula is C25H27FN4O3. The number of hydrogen-bond donors (Lipinski definition) is 2. The van der Waals surface area contributed by atoms with Gasteiger partial charge in [-0.2, -0.15) is 0 Å². The van der Waals surface area contributed by atoms with Crippen LogP contribution in [-0.2, 0) is 16.1 Å². The predicted molar refractivity (Wildman–Crippen MR) is 123 cm³/mol. The quantitative estimate of drug-likeness (QED) is 0.542. The molecule has 1 unspecified atom stereocenters. The van der Waals surface area contributed by atoms with E-state index in [2.05, 4.69) is 20.4 Å². The van der Waals surface area contributed by atoms with Crippen LogP contribution >= 0.6 is 0 Å². The fourth-order valence-electron chi connectivity index (χ4n) is 3.96. The van der Waals surface area contributed by atoms with Crippen LogP contribution in [0, 0.1) is 5.82 Å². The SMILES string of the molecule is O=C(NCc1ccccc1)C(=O)NCC(c1ccco1)N1CCN(c2ccc(F)cc2)CC1. The highest BCUT2D eigenvalue weighted by molar-refractivity contribution is 6.35. The van der Waals surface area contributed by atoms with Crippen molar-refractivity contribution >= 4 is 17.5 Å². The summed E-state index contributed by atoms with van der Waals surface area (Å²) in [5.74, 6) is -0.861. The fraction of sp³-hybridized carbons (Fsp3) is 0.280. The highest BCUT2D eigenvalue weighted by atomic mass is 19.1. The summed E-state index contributed by atoms with van der Waals surface area (Å²) < 4.78 is 18.8. The minimum absolute atomic E-state index is 0.193. The molecule has 2 aromatic carbocycles. The Morgan fingerprint density at radius 2 is 1.58 bits per heavy atom. The van der Waals surface area contributed by atoms with Gasteiger partial charge in [0, 0.05) is 45.0 Å². The van der Waals surface area contributed by atoms with Gasteiger partial charge in [0.25, 0.3) is 0 Å². The zero-order valence-corrected chi connectivity index (χ0v) is 18.2. The largest absolute Gasteiger partial charge is 0.468 e. The summed E-state index contributed by atoms with van der Waals surface area (Å²) in [5, 5.41) is 5.39. The normalized spacial score (nSPS) is 15.1. The smallest absolute Gasteiger partial charge is 0.309 e. The minimum atomic E-state index is -0.674. The lowest BCUT2D eigenvalue weighted by Crippen LogP contribution is -2.50. The van der Waals surface area contributed by atoms with Crippen molar-refractivity contribution in [2.75, 3.05) is 37.6 Å². The second kappa shape index (κ2) is 10.8. The Balaban J connectivity index is 1.32. The van der Waals surface area contributed by atoms with Crippen LogP contribution in [0.4, 0.5) is 10.1 Å². The third kappa shape index (κ3) is 5.98. The third-order valence-corrected chi connectivity index (χ3v) is 5.78. The number of hydrogen-bond acceptors (Lipinski definition) is 5. The Kier molecular flexibility index (Phi) is 7.36. The molecule has 3 aromatic rings. The first kappa shape index (κ1) is 22.5.